The largest absolute Gasteiger partial charge is 0.497 e. The Morgan fingerprint density at radius 2 is 1.85 bits per heavy atom. The quantitative estimate of drug-likeness (QED) is 0.457. The first kappa shape index (κ1) is 19.3. The van der Waals surface area contributed by atoms with E-state index in [1.165, 1.54) is 20.3 Å². The van der Waals surface area contributed by atoms with E-state index in [2.05, 4.69) is 0 Å². The van der Waals surface area contributed by atoms with Crippen LogP contribution in [0.5, 0.6) is 5.75 Å². The van der Waals surface area contributed by atoms with Crippen LogP contribution in [-0.2, 0) is 16.0 Å². The second-order valence-electron chi connectivity index (χ2n) is 5.91. The normalized spacial score (nSPS) is 12.0. The number of ether oxygens (including phenoxy) is 2. The number of fused-ring (bicyclic) bond motifs is 1. The smallest absolute Gasteiger partial charge is 0.336 e. The molecule has 0 saturated carbocycles. The third-order valence-corrected chi connectivity index (χ3v) is 5.01. The summed E-state index contributed by atoms with van der Waals surface area (Å²) in [6, 6.07) is 11.5. The monoisotopic (exact) mass is 406 g/mol. The Hall–Kier alpha value is -2.50. The molecule has 0 aliphatic carbocycles. The minimum Gasteiger partial charge on any atom is -0.497 e. The maximum Gasteiger partial charge on any atom is 0.336 e. The van der Waals surface area contributed by atoms with Crippen LogP contribution in [0.1, 0.15) is 17.0 Å². The molecular formula is C20H16Cl2O5. The number of halogens is 2. The zero-order valence-electron chi connectivity index (χ0n) is 14.6. The summed E-state index contributed by atoms with van der Waals surface area (Å²) in [7, 11) is 2.82. The standard InChI is InChI=1S/C20H16Cl2O5/c1-25-12-4-5-13-14(10-19(23)27-18(13)9-12)15(20(24)26-2)7-11-3-6-16(21)17(22)8-11/h3-6,8-10,15H,7H2,1-2H3. The van der Waals surface area contributed by atoms with Crippen molar-refractivity contribution in [3.8, 4) is 5.75 Å². The molecule has 1 heterocycles. The lowest BCUT2D eigenvalue weighted by Gasteiger charge is -2.17. The first-order valence-corrected chi connectivity index (χ1v) is 8.82. The summed E-state index contributed by atoms with van der Waals surface area (Å²) < 4.78 is 15.4. The van der Waals surface area contributed by atoms with Crippen molar-refractivity contribution in [2.75, 3.05) is 14.2 Å². The van der Waals surface area contributed by atoms with E-state index in [4.69, 9.17) is 37.1 Å². The number of carbonyl (C=O) groups is 1. The highest BCUT2D eigenvalue weighted by Gasteiger charge is 2.25. The number of benzene rings is 2. The molecule has 0 bridgehead atoms. The van der Waals surface area contributed by atoms with Crippen molar-refractivity contribution in [1.82, 2.24) is 0 Å². The van der Waals surface area contributed by atoms with E-state index < -0.39 is 17.5 Å². The summed E-state index contributed by atoms with van der Waals surface area (Å²) in [6.45, 7) is 0. The molecule has 3 rings (SSSR count). The topological polar surface area (TPSA) is 65.7 Å². The molecule has 0 amide bonds. The van der Waals surface area contributed by atoms with E-state index in [-0.39, 0.29) is 6.42 Å². The lowest BCUT2D eigenvalue weighted by Crippen LogP contribution is -2.19. The van der Waals surface area contributed by atoms with Crippen molar-refractivity contribution >= 4 is 40.1 Å². The number of hydrogen-bond donors (Lipinski definition) is 0. The third kappa shape index (κ3) is 4.10. The lowest BCUT2D eigenvalue weighted by molar-refractivity contribution is -0.142. The molecular weight excluding hydrogens is 391 g/mol. The van der Waals surface area contributed by atoms with Crippen LogP contribution >= 0.6 is 23.2 Å². The Morgan fingerprint density at radius 1 is 1.07 bits per heavy atom. The van der Waals surface area contributed by atoms with Gasteiger partial charge in [-0.1, -0.05) is 29.3 Å². The maximum atomic E-state index is 12.5. The molecule has 0 N–H and O–H groups in total. The van der Waals surface area contributed by atoms with Crippen molar-refractivity contribution in [3.63, 3.8) is 0 Å². The molecule has 1 aromatic heterocycles. The zero-order chi connectivity index (χ0) is 19.6. The Labute approximate surface area is 165 Å². The van der Waals surface area contributed by atoms with Crippen LogP contribution in [0, 0.1) is 0 Å². The first-order chi connectivity index (χ1) is 12.9. The van der Waals surface area contributed by atoms with Gasteiger partial charge in [-0.15, -0.1) is 0 Å². The van der Waals surface area contributed by atoms with Gasteiger partial charge in [0.2, 0.25) is 0 Å². The maximum absolute atomic E-state index is 12.5. The van der Waals surface area contributed by atoms with Crippen LogP contribution in [0.4, 0.5) is 0 Å². The van der Waals surface area contributed by atoms with Crippen LogP contribution < -0.4 is 10.4 Å². The molecule has 0 radical (unpaired) electrons. The molecule has 5 nitrogen and oxygen atoms in total. The Bertz CT molecular complexity index is 1060. The Morgan fingerprint density at radius 3 is 2.52 bits per heavy atom. The van der Waals surface area contributed by atoms with Gasteiger partial charge in [-0.25, -0.2) is 4.79 Å². The second-order valence-corrected chi connectivity index (χ2v) is 6.73. The average molecular weight is 407 g/mol. The molecule has 0 aliphatic heterocycles. The van der Waals surface area contributed by atoms with Crippen LogP contribution in [0.2, 0.25) is 10.0 Å². The van der Waals surface area contributed by atoms with Crippen molar-refractivity contribution in [3.05, 3.63) is 74.1 Å². The molecule has 7 heteroatoms. The summed E-state index contributed by atoms with van der Waals surface area (Å²) >= 11 is 12.0. The second kappa shape index (κ2) is 8.03. The van der Waals surface area contributed by atoms with E-state index in [9.17, 15) is 9.59 Å². The van der Waals surface area contributed by atoms with Crippen molar-refractivity contribution < 1.29 is 18.7 Å². The Kier molecular flexibility index (Phi) is 5.73. The molecule has 0 fully saturated rings. The van der Waals surface area contributed by atoms with Gasteiger partial charge < -0.3 is 13.9 Å². The van der Waals surface area contributed by atoms with Gasteiger partial charge in [0.05, 0.1) is 30.2 Å². The molecule has 1 atom stereocenters. The van der Waals surface area contributed by atoms with E-state index >= 15 is 0 Å². The highest BCUT2D eigenvalue weighted by molar-refractivity contribution is 6.42. The van der Waals surface area contributed by atoms with Crippen LogP contribution in [0.25, 0.3) is 11.0 Å². The SMILES string of the molecule is COC(=O)C(Cc1ccc(Cl)c(Cl)c1)c1cc(=O)oc2cc(OC)ccc12. The minimum absolute atomic E-state index is 0.286. The van der Waals surface area contributed by atoms with Gasteiger partial charge in [0.1, 0.15) is 11.3 Å². The van der Waals surface area contributed by atoms with E-state index in [0.29, 0.717) is 32.3 Å². The number of methoxy groups -OCH3 is 2. The molecule has 0 spiro atoms. The summed E-state index contributed by atoms with van der Waals surface area (Å²) in [4.78, 5) is 24.6. The van der Waals surface area contributed by atoms with Crippen molar-refractivity contribution in [1.29, 1.82) is 0 Å². The number of hydrogen-bond acceptors (Lipinski definition) is 5. The van der Waals surface area contributed by atoms with Gasteiger partial charge in [-0.05, 0) is 41.8 Å². The highest BCUT2D eigenvalue weighted by atomic mass is 35.5. The summed E-state index contributed by atoms with van der Waals surface area (Å²) in [5.41, 5.74) is 1.07. The summed E-state index contributed by atoms with van der Waals surface area (Å²) in [5.74, 6) is -0.641. The van der Waals surface area contributed by atoms with Crippen LogP contribution in [0.3, 0.4) is 0 Å². The fourth-order valence-electron chi connectivity index (χ4n) is 2.95. The molecule has 3 aromatic rings. The van der Waals surface area contributed by atoms with Gasteiger partial charge in [0.25, 0.3) is 0 Å². The number of rotatable bonds is 5. The molecule has 27 heavy (non-hydrogen) atoms. The predicted molar refractivity (Wildman–Crippen MR) is 104 cm³/mol. The van der Waals surface area contributed by atoms with E-state index in [1.807, 2.05) is 0 Å². The van der Waals surface area contributed by atoms with Crippen molar-refractivity contribution in [2.45, 2.75) is 12.3 Å². The van der Waals surface area contributed by atoms with Gasteiger partial charge in [0, 0.05) is 17.5 Å². The molecule has 1 unspecified atom stereocenters. The first-order valence-electron chi connectivity index (χ1n) is 8.06. The van der Waals surface area contributed by atoms with Crippen LogP contribution in [-0.4, -0.2) is 20.2 Å². The molecule has 140 valence electrons. The molecule has 2 aromatic carbocycles. The average Bonchev–Trinajstić information content (AvgIpc) is 2.67. The van der Waals surface area contributed by atoms with Gasteiger partial charge in [0.15, 0.2) is 0 Å². The van der Waals surface area contributed by atoms with Gasteiger partial charge >= 0.3 is 11.6 Å². The summed E-state index contributed by atoms with van der Waals surface area (Å²) in [5, 5.41) is 1.44. The lowest BCUT2D eigenvalue weighted by atomic mass is 9.90. The number of carbonyl (C=O) groups excluding carboxylic acids is 1. The van der Waals surface area contributed by atoms with E-state index in [0.717, 1.165) is 5.56 Å². The Balaban J connectivity index is 2.13. The molecule has 0 aliphatic rings. The van der Waals surface area contributed by atoms with E-state index in [1.54, 1.807) is 36.4 Å². The summed E-state index contributed by atoms with van der Waals surface area (Å²) in [6.07, 6.45) is 0.286. The molecule has 0 saturated heterocycles. The predicted octanol–water partition coefficient (Wildman–Crippen LogP) is 4.61. The number of esters is 1. The van der Waals surface area contributed by atoms with Crippen molar-refractivity contribution in [2.24, 2.45) is 0 Å². The minimum atomic E-state index is -0.716. The third-order valence-electron chi connectivity index (χ3n) is 4.27. The van der Waals surface area contributed by atoms with Crippen LogP contribution in [0.15, 0.2) is 51.7 Å². The zero-order valence-corrected chi connectivity index (χ0v) is 16.1. The van der Waals surface area contributed by atoms with Gasteiger partial charge in [-0.3, -0.25) is 4.79 Å². The fraction of sp³-hybridized carbons (Fsp3) is 0.200. The van der Waals surface area contributed by atoms with Gasteiger partial charge in [-0.2, -0.15) is 0 Å². The fourth-order valence-corrected chi connectivity index (χ4v) is 3.27. The highest BCUT2D eigenvalue weighted by Crippen LogP contribution is 2.32.